The highest BCUT2D eigenvalue weighted by Crippen LogP contribution is 2.43. The molecular weight excluding hydrogens is 686 g/mol. The minimum Gasteiger partial charge on any atom is -0.340 e. The first-order chi connectivity index (χ1) is 26.8. The molecule has 0 N–H and O–H groups in total. The van der Waals surface area contributed by atoms with Crippen LogP contribution in [0.15, 0.2) is 164 Å². The summed E-state index contributed by atoms with van der Waals surface area (Å²) in [6.45, 7) is 1.38. The normalized spacial score (nSPS) is 11.7. The van der Waals surface area contributed by atoms with E-state index in [-0.39, 0.29) is 11.7 Å². The molecule has 272 valence electrons. The summed E-state index contributed by atoms with van der Waals surface area (Å²) in [7, 11) is 5.77. The van der Waals surface area contributed by atoms with E-state index in [4.69, 9.17) is 15.1 Å². The Morgan fingerprint density at radius 2 is 1.29 bits per heavy atom. The van der Waals surface area contributed by atoms with E-state index in [9.17, 15) is 9.18 Å². The van der Waals surface area contributed by atoms with Crippen LogP contribution in [0.5, 0.6) is 0 Å². The molecule has 0 radical (unpaired) electrons. The van der Waals surface area contributed by atoms with Crippen molar-refractivity contribution in [3.05, 3.63) is 192 Å². The first-order valence-electron chi connectivity index (χ1n) is 18.2. The van der Waals surface area contributed by atoms with Gasteiger partial charge in [0.2, 0.25) is 0 Å². The van der Waals surface area contributed by atoms with Gasteiger partial charge in [0, 0.05) is 43.7 Å². The van der Waals surface area contributed by atoms with Crippen LogP contribution in [-0.4, -0.2) is 74.3 Å². The lowest BCUT2D eigenvalue weighted by atomic mass is 9.77. The highest BCUT2D eigenvalue weighted by Gasteiger charge is 2.40. The number of amides is 1. The largest absolute Gasteiger partial charge is 0.340 e. The summed E-state index contributed by atoms with van der Waals surface area (Å²) < 4.78 is 18.3. The maximum absolute atomic E-state index is 14.3. The number of hydrogen-bond donors (Lipinski definition) is 0. The van der Waals surface area contributed by atoms with Gasteiger partial charge in [-0.05, 0) is 84.9 Å². The fourth-order valence-electron chi connectivity index (χ4n) is 7.20. The molecular formula is C46H40FN7O. The summed E-state index contributed by atoms with van der Waals surface area (Å²) in [5.74, 6) is 0.238. The van der Waals surface area contributed by atoms with Crippen molar-refractivity contribution >= 4 is 16.9 Å². The highest BCUT2D eigenvalue weighted by atomic mass is 19.1. The van der Waals surface area contributed by atoms with Crippen molar-refractivity contribution in [3.8, 4) is 28.2 Å². The maximum atomic E-state index is 14.3. The molecule has 1 amide bonds. The highest BCUT2D eigenvalue weighted by molar-refractivity contribution is 5.94. The van der Waals surface area contributed by atoms with Gasteiger partial charge in [0.1, 0.15) is 29.2 Å². The van der Waals surface area contributed by atoms with Gasteiger partial charge in [-0.1, -0.05) is 97.1 Å². The van der Waals surface area contributed by atoms with Crippen molar-refractivity contribution in [2.75, 3.05) is 34.2 Å². The zero-order valence-electron chi connectivity index (χ0n) is 30.9. The molecule has 8 aromatic rings. The molecule has 0 saturated carbocycles. The lowest BCUT2D eigenvalue weighted by Gasteiger charge is -2.36. The van der Waals surface area contributed by atoms with E-state index in [1.165, 1.54) is 12.1 Å². The predicted octanol–water partition coefficient (Wildman–Crippen LogP) is 8.56. The van der Waals surface area contributed by atoms with Crippen LogP contribution in [0.4, 0.5) is 4.39 Å². The van der Waals surface area contributed by atoms with Crippen LogP contribution >= 0.6 is 0 Å². The van der Waals surface area contributed by atoms with Crippen molar-refractivity contribution in [1.82, 2.24) is 34.1 Å². The number of carbonyl (C=O) groups excluding carboxylic acids is 1. The number of fused-ring (bicyclic) bond motifs is 1. The molecule has 8 nitrogen and oxygen atoms in total. The number of hydrogen-bond acceptors (Lipinski definition) is 5. The number of nitrogens with zero attached hydrogens (tertiary/aromatic N) is 7. The van der Waals surface area contributed by atoms with Gasteiger partial charge in [-0.3, -0.25) is 14.0 Å². The molecule has 0 aliphatic carbocycles. The number of pyridine rings is 1. The average Bonchev–Trinajstić information content (AvgIpc) is 3.87. The Hall–Kier alpha value is -6.71. The van der Waals surface area contributed by atoms with E-state index in [0.717, 1.165) is 51.0 Å². The number of aromatic nitrogens is 5. The van der Waals surface area contributed by atoms with Crippen molar-refractivity contribution in [2.24, 2.45) is 0 Å². The lowest BCUT2D eigenvalue weighted by molar-refractivity contribution is 0.0786. The molecule has 3 aromatic heterocycles. The van der Waals surface area contributed by atoms with Gasteiger partial charge in [0.25, 0.3) is 5.91 Å². The number of halogens is 1. The van der Waals surface area contributed by atoms with Gasteiger partial charge in [-0.25, -0.2) is 14.4 Å². The molecule has 0 bridgehead atoms. The van der Waals surface area contributed by atoms with Crippen LogP contribution < -0.4 is 0 Å². The Kier molecular flexibility index (Phi) is 9.61. The minimum atomic E-state index is -0.855. The molecule has 9 heteroatoms. The van der Waals surface area contributed by atoms with E-state index >= 15 is 0 Å². The predicted molar refractivity (Wildman–Crippen MR) is 216 cm³/mol. The Bertz CT molecular complexity index is 2450. The fourth-order valence-corrected chi connectivity index (χ4v) is 7.20. The first-order valence-corrected chi connectivity index (χ1v) is 18.2. The molecule has 0 saturated heterocycles. The van der Waals surface area contributed by atoms with Crippen molar-refractivity contribution in [3.63, 3.8) is 0 Å². The van der Waals surface area contributed by atoms with Gasteiger partial charge >= 0.3 is 0 Å². The maximum Gasteiger partial charge on any atom is 0.255 e. The average molecular weight is 726 g/mol. The second-order valence-electron chi connectivity index (χ2n) is 13.9. The SMILES string of the molecule is CN(C)CCN(C)C(=O)c1ccc(-n2cnc3ccc(-c4cn(C(c5ccccc5)(c5ccccc5)c5ccccc5)nc4-c4ccc(F)cc4)cc32)nc1. The lowest BCUT2D eigenvalue weighted by Crippen LogP contribution is -2.38. The summed E-state index contributed by atoms with van der Waals surface area (Å²) in [5, 5.41) is 5.42. The second-order valence-corrected chi connectivity index (χ2v) is 13.9. The number of benzene rings is 5. The van der Waals surface area contributed by atoms with E-state index in [0.29, 0.717) is 23.6 Å². The monoisotopic (exact) mass is 725 g/mol. The first kappa shape index (κ1) is 35.3. The smallest absolute Gasteiger partial charge is 0.255 e. The van der Waals surface area contributed by atoms with Crippen LogP contribution in [-0.2, 0) is 5.54 Å². The summed E-state index contributed by atoms with van der Waals surface area (Å²) in [5.41, 5.74) is 7.66. The molecule has 0 atom stereocenters. The summed E-state index contributed by atoms with van der Waals surface area (Å²) >= 11 is 0. The van der Waals surface area contributed by atoms with Gasteiger partial charge in [0.15, 0.2) is 0 Å². The Morgan fingerprint density at radius 1 is 0.691 bits per heavy atom. The molecule has 0 fully saturated rings. The standard InChI is InChI=1S/C46H40FN7O/c1-51(2)27-28-52(3)45(55)35-22-26-43(48-30-35)53-32-49-41-25-21-34(29-42(41)53)40-31-54(50-44(40)33-19-23-39(47)24-20-33)46(36-13-7-4-8-14-36,37-15-9-5-10-16-37)38-17-11-6-12-18-38/h4-26,29-32H,27-28H2,1-3H3. The Morgan fingerprint density at radius 3 is 1.85 bits per heavy atom. The summed E-state index contributed by atoms with van der Waals surface area (Å²) in [6, 6.07) is 47.4. The third-order valence-corrected chi connectivity index (χ3v) is 10.1. The van der Waals surface area contributed by atoms with Gasteiger partial charge in [-0.15, -0.1) is 0 Å². The van der Waals surface area contributed by atoms with Gasteiger partial charge in [-0.2, -0.15) is 5.10 Å². The minimum absolute atomic E-state index is 0.0819. The molecule has 0 aliphatic rings. The van der Waals surface area contributed by atoms with Crippen molar-refractivity contribution in [1.29, 1.82) is 0 Å². The zero-order valence-corrected chi connectivity index (χ0v) is 30.9. The van der Waals surface area contributed by atoms with Gasteiger partial charge < -0.3 is 9.80 Å². The van der Waals surface area contributed by atoms with E-state index < -0.39 is 5.54 Å². The van der Waals surface area contributed by atoms with Gasteiger partial charge in [0.05, 0.1) is 16.6 Å². The summed E-state index contributed by atoms with van der Waals surface area (Å²) in [4.78, 5) is 26.2. The number of imidazole rings is 1. The number of likely N-dealkylation sites (N-methyl/N-ethyl adjacent to an activating group) is 2. The topological polar surface area (TPSA) is 72.1 Å². The summed E-state index contributed by atoms with van der Waals surface area (Å²) in [6.07, 6.45) is 5.46. The van der Waals surface area contributed by atoms with Crippen LogP contribution in [0.1, 0.15) is 27.0 Å². The molecule has 0 spiro atoms. The molecule has 0 aliphatic heterocycles. The Labute approximate surface area is 319 Å². The van der Waals surface area contributed by atoms with Crippen LogP contribution in [0.25, 0.3) is 39.2 Å². The van der Waals surface area contributed by atoms with Crippen LogP contribution in [0.3, 0.4) is 0 Å². The molecule has 5 aromatic carbocycles. The van der Waals surface area contributed by atoms with Crippen LogP contribution in [0.2, 0.25) is 0 Å². The molecule has 3 heterocycles. The third-order valence-electron chi connectivity index (χ3n) is 10.1. The number of rotatable bonds is 11. The third kappa shape index (κ3) is 6.70. The van der Waals surface area contributed by atoms with E-state index in [2.05, 4.69) is 89.7 Å². The molecule has 55 heavy (non-hydrogen) atoms. The van der Waals surface area contributed by atoms with E-state index in [1.807, 2.05) is 60.0 Å². The Balaban J connectivity index is 1.29. The zero-order chi connectivity index (χ0) is 37.9. The second kappa shape index (κ2) is 15.0. The molecule has 0 unspecified atom stereocenters. The van der Waals surface area contributed by atoms with E-state index in [1.54, 1.807) is 42.7 Å². The number of carbonyl (C=O) groups is 1. The molecule has 8 rings (SSSR count). The fraction of sp³-hybridized carbons (Fsp3) is 0.130. The van der Waals surface area contributed by atoms with Crippen molar-refractivity contribution < 1.29 is 9.18 Å². The quantitative estimate of drug-likeness (QED) is 0.125. The van der Waals surface area contributed by atoms with Crippen molar-refractivity contribution in [2.45, 2.75) is 5.54 Å². The van der Waals surface area contributed by atoms with Crippen LogP contribution in [0, 0.1) is 5.82 Å².